The molecule has 4 nitrogen and oxygen atoms in total. The van der Waals surface area contributed by atoms with E-state index in [0.717, 1.165) is 12.8 Å². The van der Waals surface area contributed by atoms with Gasteiger partial charge in [0.1, 0.15) is 11.9 Å². The Morgan fingerprint density at radius 3 is 2.71 bits per heavy atom. The van der Waals surface area contributed by atoms with Crippen LogP contribution >= 0.6 is 0 Å². The lowest BCUT2D eigenvalue weighted by Crippen LogP contribution is -2.20. The molecular weight excluding hydrogens is 178 g/mol. The molecule has 0 bridgehead atoms. The van der Waals surface area contributed by atoms with Crippen LogP contribution in [0.25, 0.3) is 0 Å². The van der Waals surface area contributed by atoms with Gasteiger partial charge in [-0.3, -0.25) is 4.98 Å². The second-order valence-corrected chi connectivity index (χ2v) is 3.66. The van der Waals surface area contributed by atoms with Crippen molar-refractivity contribution in [3.63, 3.8) is 0 Å². The van der Waals surface area contributed by atoms with Gasteiger partial charge in [-0.1, -0.05) is 6.42 Å². The Balaban J connectivity index is 1.95. The third-order valence-electron chi connectivity index (χ3n) is 2.47. The largest absolute Gasteiger partial charge is 0.473 e. The fourth-order valence-electron chi connectivity index (χ4n) is 1.77. The Hall–Kier alpha value is -1.32. The molecule has 1 aliphatic rings. The Morgan fingerprint density at radius 1 is 1.21 bits per heavy atom. The van der Waals surface area contributed by atoms with Crippen molar-refractivity contribution >= 4 is 5.82 Å². The second kappa shape index (κ2) is 4.26. The van der Waals surface area contributed by atoms with Gasteiger partial charge in [0.2, 0.25) is 5.88 Å². The summed E-state index contributed by atoms with van der Waals surface area (Å²) in [5.74, 6) is 0.968. The van der Waals surface area contributed by atoms with E-state index in [0.29, 0.717) is 17.8 Å². The summed E-state index contributed by atoms with van der Waals surface area (Å²) in [6, 6.07) is 0. The van der Waals surface area contributed by atoms with Gasteiger partial charge in [0.25, 0.3) is 0 Å². The normalized spacial score (nSPS) is 18.0. The summed E-state index contributed by atoms with van der Waals surface area (Å²) in [5.41, 5.74) is 5.51. The maximum Gasteiger partial charge on any atom is 0.234 e. The Labute approximate surface area is 83.5 Å². The molecule has 4 heteroatoms. The predicted molar refractivity (Wildman–Crippen MR) is 53.9 cm³/mol. The molecular formula is C10H15N3O. The van der Waals surface area contributed by atoms with Gasteiger partial charge in [-0.25, -0.2) is 0 Å². The van der Waals surface area contributed by atoms with Crippen molar-refractivity contribution in [3.8, 4) is 5.88 Å². The molecule has 76 valence electrons. The van der Waals surface area contributed by atoms with Crippen LogP contribution < -0.4 is 10.5 Å². The summed E-state index contributed by atoms with van der Waals surface area (Å²) in [6.07, 6.45) is 9.51. The van der Waals surface area contributed by atoms with E-state index in [1.54, 1.807) is 6.20 Å². The molecule has 1 heterocycles. The van der Waals surface area contributed by atoms with Crippen LogP contribution in [0.2, 0.25) is 0 Å². The van der Waals surface area contributed by atoms with Crippen LogP contribution in [0.1, 0.15) is 32.1 Å². The van der Waals surface area contributed by atoms with Gasteiger partial charge in [-0.15, -0.1) is 0 Å². The van der Waals surface area contributed by atoms with Crippen LogP contribution in [0.4, 0.5) is 5.82 Å². The van der Waals surface area contributed by atoms with Crippen molar-refractivity contribution in [2.24, 2.45) is 0 Å². The summed E-state index contributed by atoms with van der Waals surface area (Å²) in [6.45, 7) is 0. The fraction of sp³-hybridized carbons (Fsp3) is 0.600. The van der Waals surface area contributed by atoms with E-state index in [2.05, 4.69) is 9.97 Å². The van der Waals surface area contributed by atoms with Gasteiger partial charge in [-0.05, 0) is 25.7 Å². The third-order valence-corrected chi connectivity index (χ3v) is 2.47. The first-order valence-electron chi connectivity index (χ1n) is 5.09. The first kappa shape index (κ1) is 9.24. The summed E-state index contributed by atoms with van der Waals surface area (Å²) in [5, 5.41) is 0. The lowest BCUT2D eigenvalue weighted by molar-refractivity contribution is 0.148. The molecule has 1 aromatic heterocycles. The molecule has 0 saturated heterocycles. The van der Waals surface area contributed by atoms with E-state index < -0.39 is 0 Å². The molecule has 2 rings (SSSR count). The summed E-state index contributed by atoms with van der Waals surface area (Å²) < 4.78 is 5.68. The van der Waals surface area contributed by atoms with E-state index in [1.807, 2.05) is 0 Å². The highest BCUT2D eigenvalue weighted by Crippen LogP contribution is 2.21. The number of nitrogens with two attached hydrogens (primary N) is 1. The lowest BCUT2D eigenvalue weighted by Gasteiger charge is -2.22. The minimum absolute atomic E-state index is 0.305. The average molecular weight is 193 g/mol. The van der Waals surface area contributed by atoms with Gasteiger partial charge in [-0.2, -0.15) is 4.98 Å². The molecule has 0 atom stereocenters. The highest BCUT2D eigenvalue weighted by atomic mass is 16.5. The Bertz CT molecular complexity index is 297. The van der Waals surface area contributed by atoms with Crippen molar-refractivity contribution in [1.29, 1.82) is 0 Å². The quantitative estimate of drug-likeness (QED) is 0.777. The van der Waals surface area contributed by atoms with Crippen LogP contribution in [0.15, 0.2) is 12.4 Å². The minimum atomic E-state index is 0.305. The Morgan fingerprint density at radius 2 is 2.00 bits per heavy atom. The van der Waals surface area contributed by atoms with Crippen molar-refractivity contribution in [3.05, 3.63) is 12.4 Å². The molecule has 0 radical (unpaired) electrons. The van der Waals surface area contributed by atoms with Crippen molar-refractivity contribution < 1.29 is 4.74 Å². The summed E-state index contributed by atoms with van der Waals surface area (Å²) in [4.78, 5) is 8.00. The first-order valence-corrected chi connectivity index (χ1v) is 5.09. The smallest absolute Gasteiger partial charge is 0.234 e. The number of ether oxygens (including phenoxy) is 1. The van der Waals surface area contributed by atoms with Crippen LogP contribution in [-0.2, 0) is 0 Å². The maximum atomic E-state index is 5.68. The molecule has 0 amide bonds. The van der Waals surface area contributed by atoms with Crippen LogP contribution in [0.3, 0.4) is 0 Å². The second-order valence-electron chi connectivity index (χ2n) is 3.66. The standard InChI is InChI=1S/C10H15N3O/c11-9-6-12-7-10(13-9)14-8-4-2-1-3-5-8/h6-8H,1-5H2,(H2,11,13). The van der Waals surface area contributed by atoms with E-state index in [1.165, 1.54) is 25.5 Å². The van der Waals surface area contributed by atoms with Crippen molar-refractivity contribution in [2.75, 3.05) is 5.73 Å². The first-order chi connectivity index (χ1) is 6.84. The molecule has 0 unspecified atom stereocenters. The topological polar surface area (TPSA) is 61.0 Å². The number of nitrogens with zero attached hydrogens (tertiary/aromatic N) is 2. The highest BCUT2D eigenvalue weighted by Gasteiger charge is 2.15. The summed E-state index contributed by atoms with van der Waals surface area (Å²) >= 11 is 0. The number of hydrogen-bond acceptors (Lipinski definition) is 4. The molecule has 1 aromatic rings. The molecule has 0 aromatic carbocycles. The zero-order valence-electron chi connectivity index (χ0n) is 8.15. The zero-order valence-corrected chi connectivity index (χ0v) is 8.15. The van der Waals surface area contributed by atoms with E-state index in [9.17, 15) is 0 Å². The molecule has 1 aliphatic carbocycles. The number of nitrogen functional groups attached to an aromatic ring is 1. The number of rotatable bonds is 2. The number of hydrogen-bond donors (Lipinski definition) is 1. The van der Waals surface area contributed by atoms with Crippen LogP contribution in [0, 0.1) is 0 Å². The molecule has 1 saturated carbocycles. The highest BCUT2D eigenvalue weighted by molar-refractivity contribution is 5.26. The van der Waals surface area contributed by atoms with Crippen LogP contribution in [-0.4, -0.2) is 16.1 Å². The van der Waals surface area contributed by atoms with Gasteiger partial charge in [0, 0.05) is 0 Å². The van der Waals surface area contributed by atoms with Crippen molar-refractivity contribution in [1.82, 2.24) is 9.97 Å². The maximum absolute atomic E-state index is 5.68. The lowest BCUT2D eigenvalue weighted by atomic mass is 9.98. The average Bonchev–Trinajstić information content (AvgIpc) is 2.19. The van der Waals surface area contributed by atoms with Gasteiger partial charge in [0.05, 0.1) is 12.4 Å². The van der Waals surface area contributed by atoms with Gasteiger partial charge in [0.15, 0.2) is 0 Å². The molecule has 2 N–H and O–H groups in total. The molecule has 0 spiro atoms. The molecule has 0 aliphatic heterocycles. The van der Waals surface area contributed by atoms with Gasteiger partial charge < -0.3 is 10.5 Å². The number of aromatic nitrogens is 2. The number of anilines is 1. The van der Waals surface area contributed by atoms with E-state index in [4.69, 9.17) is 10.5 Å². The van der Waals surface area contributed by atoms with E-state index >= 15 is 0 Å². The monoisotopic (exact) mass is 193 g/mol. The van der Waals surface area contributed by atoms with Gasteiger partial charge >= 0.3 is 0 Å². The van der Waals surface area contributed by atoms with Crippen LogP contribution in [0.5, 0.6) is 5.88 Å². The summed E-state index contributed by atoms with van der Waals surface area (Å²) in [7, 11) is 0. The minimum Gasteiger partial charge on any atom is -0.473 e. The molecule has 14 heavy (non-hydrogen) atoms. The third kappa shape index (κ3) is 2.34. The predicted octanol–water partition coefficient (Wildman–Crippen LogP) is 1.77. The van der Waals surface area contributed by atoms with E-state index in [-0.39, 0.29) is 0 Å². The Kier molecular flexibility index (Phi) is 2.81. The van der Waals surface area contributed by atoms with Crippen molar-refractivity contribution in [2.45, 2.75) is 38.2 Å². The molecule has 1 fully saturated rings. The zero-order chi connectivity index (χ0) is 9.80. The SMILES string of the molecule is Nc1cncc(OC2CCCCC2)n1. The fourth-order valence-corrected chi connectivity index (χ4v) is 1.77.